The van der Waals surface area contributed by atoms with Crippen molar-refractivity contribution < 1.29 is 9.90 Å². The number of amides is 1. The third-order valence-electron chi connectivity index (χ3n) is 2.98. The first-order valence-corrected chi connectivity index (χ1v) is 6.92. The molecule has 2 rings (SSSR count). The number of hydrogen-bond acceptors (Lipinski definition) is 2. The second-order valence-electron chi connectivity index (χ2n) is 4.46. The van der Waals surface area contributed by atoms with E-state index in [9.17, 15) is 4.79 Å². The van der Waals surface area contributed by atoms with Gasteiger partial charge in [0, 0.05) is 23.7 Å². The first kappa shape index (κ1) is 14.6. The first-order valence-electron chi connectivity index (χ1n) is 6.39. The van der Waals surface area contributed by atoms with Crippen LogP contribution in [0.4, 0.5) is 5.69 Å². The molecule has 3 nitrogen and oxygen atoms in total. The topological polar surface area (TPSA) is 49.3 Å². The van der Waals surface area contributed by atoms with Crippen LogP contribution in [0.5, 0.6) is 0 Å². The predicted molar refractivity (Wildman–Crippen MR) is 81.2 cm³/mol. The summed E-state index contributed by atoms with van der Waals surface area (Å²) in [6.45, 7) is 0.124. The molecule has 0 spiro atoms. The van der Waals surface area contributed by atoms with E-state index in [1.165, 1.54) is 0 Å². The molecule has 20 heavy (non-hydrogen) atoms. The lowest BCUT2D eigenvalue weighted by molar-refractivity contribution is 0.102. The molecule has 0 heterocycles. The lowest BCUT2D eigenvalue weighted by Gasteiger charge is -2.07. The number of benzene rings is 2. The Kier molecular flexibility index (Phi) is 5.16. The highest BCUT2D eigenvalue weighted by molar-refractivity contribution is 6.17. The summed E-state index contributed by atoms with van der Waals surface area (Å²) < 4.78 is 0. The summed E-state index contributed by atoms with van der Waals surface area (Å²) in [6.07, 6.45) is 0.619. The molecule has 0 saturated heterocycles. The van der Waals surface area contributed by atoms with E-state index in [0.29, 0.717) is 17.9 Å². The molecule has 0 fully saturated rings. The Morgan fingerprint density at radius 3 is 2.15 bits per heavy atom. The maximum atomic E-state index is 12.0. The Balaban J connectivity index is 2.02. The average molecular weight is 290 g/mol. The molecule has 0 atom stereocenters. The van der Waals surface area contributed by atoms with Gasteiger partial charge in [0.15, 0.2) is 0 Å². The van der Waals surface area contributed by atoms with Crippen molar-refractivity contribution in [2.45, 2.75) is 12.3 Å². The maximum Gasteiger partial charge on any atom is 0.255 e. The Bertz CT molecular complexity index is 564. The first-order chi connectivity index (χ1) is 9.72. The number of carbonyl (C=O) groups excluding carboxylic acids is 1. The van der Waals surface area contributed by atoms with Gasteiger partial charge in [-0.2, -0.15) is 0 Å². The van der Waals surface area contributed by atoms with Crippen LogP contribution in [0.2, 0.25) is 0 Å². The van der Waals surface area contributed by atoms with Crippen LogP contribution in [0.15, 0.2) is 48.5 Å². The largest absolute Gasteiger partial charge is 0.396 e. The zero-order chi connectivity index (χ0) is 14.4. The van der Waals surface area contributed by atoms with E-state index in [1.54, 1.807) is 12.1 Å². The fourth-order valence-corrected chi connectivity index (χ4v) is 2.01. The van der Waals surface area contributed by atoms with Gasteiger partial charge < -0.3 is 10.4 Å². The quantitative estimate of drug-likeness (QED) is 0.831. The summed E-state index contributed by atoms with van der Waals surface area (Å²) in [5, 5.41) is 11.7. The van der Waals surface area contributed by atoms with E-state index in [-0.39, 0.29) is 12.5 Å². The normalized spacial score (nSPS) is 10.3. The number of carbonyl (C=O) groups is 1. The summed E-state index contributed by atoms with van der Waals surface area (Å²) >= 11 is 5.71. The van der Waals surface area contributed by atoms with Gasteiger partial charge in [0.25, 0.3) is 5.91 Å². The van der Waals surface area contributed by atoms with E-state index in [1.807, 2.05) is 36.4 Å². The molecule has 0 aromatic heterocycles. The van der Waals surface area contributed by atoms with E-state index in [0.717, 1.165) is 16.8 Å². The molecule has 104 valence electrons. The second kappa shape index (κ2) is 7.08. The average Bonchev–Trinajstić information content (AvgIpc) is 2.49. The SMILES string of the molecule is O=C(Nc1ccc(CCO)cc1)c1ccc(CCl)cc1. The highest BCUT2D eigenvalue weighted by Gasteiger charge is 2.05. The number of rotatable bonds is 5. The molecule has 2 aromatic carbocycles. The molecule has 2 aromatic rings. The van der Waals surface area contributed by atoms with Gasteiger partial charge in [0.2, 0.25) is 0 Å². The second-order valence-corrected chi connectivity index (χ2v) is 4.72. The monoisotopic (exact) mass is 289 g/mol. The van der Waals surface area contributed by atoms with Crippen molar-refractivity contribution in [3.05, 3.63) is 65.2 Å². The van der Waals surface area contributed by atoms with Crippen LogP contribution in [0, 0.1) is 0 Å². The lowest BCUT2D eigenvalue weighted by Crippen LogP contribution is -2.11. The molecule has 0 radical (unpaired) electrons. The number of aliphatic hydroxyl groups is 1. The Hall–Kier alpha value is -1.84. The van der Waals surface area contributed by atoms with Crippen LogP contribution < -0.4 is 5.32 Å². The van der Waals surface area contributed by atoms with E-state index >= 15 is 0 Å². The van der Waals surface area contributed by atoms with Gasteiger partial charge in [-0.05, 0) is 41.8 Å². The van der Waals surface area contributed by atoms with Crippen molar-refractivity contribution in [3.8, 4) is 0 Å². The molecule has 0 saturated carbocycles. The maximum absolute atomic E-state index is 12.0. The van der Waals surface area contributed by atoms with E-state index in [4.69, 9.17) is 16.7 Å². The van der Waals surface area contributed by atoms with E-state index < -0.39 is 0 Å². The molecule has 1 amide bonds. The number of alkyl halides is 1. The van der Waals surface area contributed by atoms with Gasteiger partial charge in [-0.15, -0.1) is 11.6 Å². The van der Waals surface area contributed by atoms with Crippen LogP contribution in [0.25, 0.3) is 0 Å². The molecule has 0 bridgehead atoms. The van der Waals surface area contributed by atoms with Crippen LogP contribution in [0.3, 0.4) is 0 Å². The van der Waals surface area contributed by atoms with Crippen molar-refractivity contribution in [2.24, 2.45) is 0 Å². The Morgan fingerprint density at radius 2 is 1.60 bits per heavy atom. The number of hydrogen-bond donors (Lipinski definition) is 2. The lowest BCUT2D eigenvalue weighted by atomic mass is 10.1. The van der Waals surface area contributed by atoms with Crippen LogP contribution in [-0.4, -0.2) is 17.6 Å². The van der Waals surface area contributed by atoms with Gasteiger partial charge in [-0.1, -0.05) is 24.3 Å². The molecule has 0 aliphatic heterocycles. The minimum atomic E-state index is -0.152. The van der Waals surface area contributed by atoms with Gasteiger partial charge in [0.05, 0.1) is 0 Å². The number of halogens is 1. The van der Waals surface area contributed by atoms with Crippen molar-refractivity contribution in [1.29, 1.82) is 0 Å². The molecule has 4 heteroatoms. The summed E-state index contributed by atoms with van der Waals surface area (Å²) in [7, 11) is 0. The van der Waals surface area contributed by atoms with Gasteiger partial charge in [-0.25, -0.2) is 0 Å². The van der Waals surface area contributed by atoms with Crippen molar-refractivity contribution >= 4 is 23.2 Å². The summed E-state index contributed by atoms with van der Waals surface area (Å²) in [6, 6.07) is 14.6. The highest BCUT2D eigenvalue weighted by Crippen LogP contribution is 2.13. The minimum Gasteiger partial charge on any atom is -0.396 e. The fraction of sp³-hybridized carbons (Fsp3) is 0.188. The van der Waals surface area contributed by atoms with Crippen LogP contribution in [-0.2, 0) is 12.3 Å². The third kappa shape index (κ3) is 3.83. The Morgan fingerprint density at radius 1 is 1.00 bits per heavy atom. The number of aliphatic hydroxyl groups excluding tert-OH is 1. The van der Waals surface area contributed by atoms with Gasteiger partial charge in [-0.3, -0.25) is 4.79 Å². The van der Waals surface area contributed by atoms with Crippen LogP contribution in [0.1, 0.15) is 21.5 Å². The molecule has 0 aliphatic rings. The minimum absolute atomic E-state index is 0.124. The predicted octanol–water partition coefficient (Wildman–Crippen LogP) is 3.21. The zero-order valence-corrected chi connectivity index (χ0v) is 11.7. The molecule has 2 N–H and O–H groups in total. The standard InChI is InChI=1S/C16H16ClNO2/c17-11-13-1-5-14(6-2-13)16(20)18-15-7-3-12(4-8-15)9-10-19/h1-8,19H,9-11H2,(H,18,20). The number of nitrogens with one attached hydrogen (secondary N) is 1. The highest BCUT2D eigenvalue weighted by atomic mass is 35.5. The smallest absolute Gasteiger partial charge is 0.255 e. The summed E-state index contributed by atoms with van der Waals surface area (Å²) in [5.41, 5.74) is 3.35. The summed E-state index contributed by atoms with van der Waals surface area (Å²) in [4.78, 5) is 12.0. The van der Waals surface area contributed by atoms with E-state index in [2.05, 4.69) is 5.32 Å². The Labute approximate surface area is 123 Å². The summed E-state index contributed by atoms with van der Waals surface area (Å²) in [5.74, 6) is 0.287. The van der Waals surface area contributed by atoms with Crippen molar-refractivity contribution in [3.63, 3.8) is 0 Å². The van der Waals surface area contributed by atoms with Gasteiger partial charge >= 0.3 is 0 Å². The zero-order valence-electron chi connectivity index (χ0n) is 11.0. The third-order valence-corrected chi connectivity index (χ3v) is 3.29. The molecule has 0 unspecified atom stereocenters. The molecular weight excluding hydrogens is 274 g/mol. The fourth-order valence-electron chi connectivity index (χ4n) is 1.83. The molecule has 0 aliphatic carbocycles. The number of anilines is 1. The van der Waals surface area contributed by atoms with Crippen LogP contribution >= 0.6 is 11.6 Å². The van der Waals surface area contributed by atoms with Gasteiger partial charge in [0.1, 0.15) is 0 Å². The van der Waals surface area contributed by atoms with Crippen molar-refractivity contribution in [2.75, 3.05) is 11.9 Å². The molecular formula is C16H16ClNO2. The van der Waals surface area contributed by atoms with Crippen molar-refractivity contribution in [1.82, 2.24) is 0 Å².